The number of para-hydroxylation sites is 1. The molecule has 1 heterocycles. The van der Waals surface area contributed by atoms with Gasteiger partial charge in [-0.3, -0.25) is 4.79 Å². The van der Waals surface area contributed by atoms with Gasteiger partial charge < -0.3 is 15.0 Å². The van der Waals surface area contributed by atoms with E-state index in [4.69, 9.17) is 4.74 Å². The molecule has 0 saturated heterocycles. The smallest absolute Gasteiger partial charge is 0.246 e. The van der Waals surface area contributed by atoms with E-state index < -0.39 is 5.82 Å². The number of amides is 1. The van der Waals surface area contributed by atoms with Gasteiger partial charge in [-0.2, -0.15) is 0 Å². The van der Waals surface area contributed by atoms with Gasteiger partial charge in [-0.05, 0) is 30.7 Å². The maximum Gasteiger partial charge on any atom is 0.246 e. The van der Waals surface area contributed by atoms with Crippen LogP contribution in [0, 0.1) is 5.82 Å². The fourth-order valence-corrected chi connectivity index (χ4v) is 3.91. The molecule has 1 amide bonds. The minimum absolute atomic E-state index is 0.0293. The first-order chi connectivity index (χ1) is 12.1. The van der Waals surface area contributed by atoms with Gasteiger partial charge >= 0.3 is 0 Å². The van der Waals surface area contributed by atoms with Crippen molar-refractivity contribution >= 4 is 29.0 Å². The number of hydrogen-bond acceptors (Lipinski definition) is 4. The molecular formula is C19H21FN2O2S. The number of methoxy groups -OCH3 is 1. The van der Waals surface area contributed by atoms with Crippen molar-refractivity contribution in [3.8, 4) is 5.75 Å². The van der Waals surface area contributed by atoms with Crippen molar-refractivity contribution in [2.24, 2.45) is 0 Å². The molecule has 6 heteroatoms. The molecule has 2 aromatic carbocycles. The molecule has 0 bridgehead atoms. The molecule has 0 radical (unpaired) electrons. The molecule has 25 heavy (non-hydrogen) atoms. The highest BCUT2D eigenvalue weighted by atomic mass is 32.2. The Balaban J connectivity index is 1.72. The summed E-state index contributed by atoms with van der Waals surface area (Å²) in [7, 11) is 1.42. The fourth-order valence-electron chi connectivity index (χ4n) is 2.80. The quantitative estimate of drug-likeness (QED) is 0.889. The van der Waals surface area contributed by atoms with Crippen LogP contribution in [0.4, 0.5) is 15.8 Å². The van der Waals surface area contributed by atoms with E-state index in [0.29, 0.717) is 17.5 Å². The van der Waals surface area contributed by atoms with Gasteiger partial charge in [0.25, 0.3) is 0 Å². The minimum Gasteiger partial charge on any atom is -0.494 e. The van der Waals surface area contributed by atoms with Gasteiger partial charge in [0, 0.05) is 28.4 Å². The van der Waals surface area contributed by atoms with E-state index >= 15 is 0 Å². The Morgan fingerprint density at radius 2 is 2.16 bits per heavy atom. The number of benzene rings is 2. The number of nitrogens with one attached hydrogen (secondary N) is 1. The van der Waals surface area contributed by atoms with Crippen LogP contribution in [0.15, 0.2) is 47.4 Å². The Bertz CT molecular complexity index is 769. The van der Waals surface area contributed by atoms with E-state index in [1.54, 1.807) is 23.9 Å². The number of thioether (sulfide) groups is 1. The average molecular weight is 360 g/mol. The molecule has 0 spiro atoms. The standard InChI is InChI=1S/C19H21FN2O2S/c1-13-9-10-22(16-5-3-4-6-18(16)25-13)19(23)12-21-14-7-8-17(24-2)15(20)11-14/h3-8,11,13,21H,9-10,12H2,1-2H3. The first kappa shape index (κ1) is 17.6. The van der Waals surface area contributed by atoms with Gasteiger partial charge in [0.2, 0.25) is 5.91 Å². The second-order valence-corrected chi connectivity index (χ2v) is 7.41. The van der Waals surface area contributed by atoms with Gasteiger partial charge in [-0.15, -0.1) is 11.8 Å². The van der Waals surface area contributed by atoms with Crippen LogP contribution in [0.25, 0.3) is 0 Å². The van der Waals surface area contributed by atoms with Crippen molar-refractivity contribution in [2.45, 2.75) is 23.5 Å². The summed E-state index contributed by atoms with van der Waals surface area (Å²) in [4.78, 5) is 15.7. The number of nitrogens with zero attached hydrogens (tertiary/aromatic N) is 1. The van der Waals surface area contributed by atoms with Crippen molar-refractivity contribution in [3.63, 3.8) is 0 Å². The van der Waals surface area contributed by atoms with Crippen LogP contribution in [0.5, 0.6) is 5.75 Å². The van der Waals surface area contributed by atoms with Crippen molar-refractivity contribution in [1.29, 1.82) is 0 Å². The molecule has 0 aliphatic carbocycles. The van der Waals surface area contributed by atoms with Crippen LogP contribution < -0.4 is 15.0 Å². The van der Waals surface area contributed by atoms with Crippen molar-refractivity contribution in [2.75, 3.05) is 30.4 Å². The Kier molecular flexibility index (Phi) is 5.48. The summed E-state index contributed by atoms with van der Waals surface area (Å²) < 4.78 is 18.7. The minimum atomic E-state index is -0.453. The third-order valence-corrected chi connectivity index (χ3v) is 5.38. The zero-order valence-corrected chi connectivity index (χ0v) is 15.1. The third-order valence-electron chi connectivity index (χ3n) is 4.14. The first-order valence-corrected chi connectivity index (χ1v) is 9.10. The lowest BCUT2D eigenvalue weighted by atomic mass is 10.2. The van der Waals surface area contributed by atoms with E-state index in [1.165, 1.54) is 13.2 Å². The SMILES string of the molecule is COc1ccc(NCC(=O)N2CCC(C)Sc3ccccc32)cc1F. The molecule has 0 fully saturated rings. The molecule has 4 nitrogen and oxygen atoms in total. The van der Waals surface area contributed by atoms with Crippen LogP contribution in [0.1, 0.15) is 13.3 Å². The van der Waals surface area contributed by atoms with Crippen LogP contribution in [0.2, 0.25) is 0 Å². The number of anilines is 2. The summed E-state index contributed by atoms with van der Waals surface area (Å²) in [6, 6.07) is 12.5. The molecule has 2 aromatic rings. The number of rotatable bonds is 4. The maximum absolute atomic E-state index is 13.8. The lowest BCUT2D eigenvalue weighted by Gasteiger charge is -2.23. The predicted octanol–water partition coefficient (Wildman–Crippen LogP) is 4.16. The largest absolute Gasteiger partial charge is 0.494 e. The highest BCUT2D eigenvalue weighted by molar-refractivity contribution is 8.00. The summed E-state index contributed by atoms with van der Waals surface area (Å²) in [6.45, 7) is 2.97. The van der Waals surface area contributed by atoms with Gasteiger partial charge in [0.1, 0.15) is 0 Å². The number of fused-ring (bicyclic) bond motifs is 1. The highest BCUT2D eigenvalue weighted by Crippen LogP contribution is 2.37. The molecular weight excluding hydrogens is 339 g/mol. The zero-order chi connectivity index (χ0) is 17.8. The molecule has 1 aliphatic heterocycles. The summed E-state index contributed by atoms with van der Waals surface area (Å²) >= 11 is 1.80. The van der Waals surface area contributed by atoms with E-state index in [2.05, 4.69) is 12.2 Å². The molecule has 1 unspecified atom stereocenters. The van der Waals surface area contributed by atoms with Crippen LogP contribution in [-0.4, -0.2) is 31.4 Å². The molecule has 1 aliphatic rings. The third kappa shape index (κ3) is 4.07. The molecule has 132 valence electrons. The lowest BCUT2D eigenvalue weighted by Crippen LogP contribution is -2.36. The Morgan fingerprint density at radius 1 is 1.36 bits per heavy atom. The number of hydrogen-bond donors (Lipinski definition) is 1. The molecule has 1 atom stereocenters. The second kappa shape index (κ2) is 7.78. The van der Waals surface area contributed by atoms with Crippen molar-refractivity contribution in [3.05, 3.63) is 48.3 Å². The normalized spacial score (nSPS) is 16.8. The van der Waals surface area contributed by atoms with Crippen LogP contribution >= 0.6 is 11.8 Å². The fraction of sp³-hybridized carbons (Fsp3) is 0.316. The van der Waals surface area contributed by atoms with Gasteiger partial charge in [0.05, 0.1) is 19.3 Å². The Morgan fingerprint density at radius 3 is 2.92 bits per heavy atom. The molecule has 0 saturated carbocycles. The second-order valence-electron chi connectivity index (χ2n) is 5.93. The van der Waals surface area contributed by atoms with Crippen LogP contribution in [-0.2, 0) is 4.79 Å². The maximum atomic E-state index is 13.8. The van der Waals surface area contributed by atoms with E-state index in [-0.39, 0.29) is 18.2 Å². The van der Waals surface area contributed by atoms with Crippen molar-refractivity contribution < 1.29 is 13.9 Å². The van der Waals surface area contributed by atoms with E-state index in [1.807, 2.05) is 29.2 Å². The summed E-state index contributed by atoms with van der Waals surface area (Å²) in [5.41, 5.74) is 1.50. The number of carbonyl (C=O) groups is 1. The number of ether oxygens (including phenoxy) is 1. The van der Waals surface area contributed by atoms with Crippen LogP contribution in [0.3, 0.4) is 0 Å². The number of carbonyl (C=O) groups excluding carboxylic acids is 1. The number of halogens is 1. The first-order valence-electron chi connectivity index (χ1n) is 8.22. The van der Waals surface area contributed by atoms with E-state index in [0.717, 1.165) is 17.0 Å². The lowest BCUT2D eigenvalue weighted by molar-refractivity contribution is -0.117. The van der Waals surface area contributed by atoms with Gasteiger partial charge in [-0.25, -0.2) is 4.39 Å². The Labute approximate surface area is 151 Å². The van der Waals surface area contributed by atoms with Crippen molar-refractivity contribution in [1.82, 2.24) is 0 Å². The summed E-state index contributed by atoms with van der Waals surface area (Å²) in [5.74, 6) is -0.298. The predicted molar refractivity (Wildman–Crippen MR) is 100 cm³/mol. The molecule has 3 rings (SSSR count). The topological polar surface area (TPSA) is 41.6 Å². The molecule has 1 N–H and O–H groups in total. The summed E-state index contributed by atoms with van der Waals surface area (Å²) in [5, 5.41) is 3.46. The summed E-state index contributed by atoms with van der Waals surface area (Å²) in [6.07, 6.45) is 0.933. The van der Waals surface area contributed by atoms with Gasteiger partial charge in [0.15, 0.2) is 11.6 Å². The zero-order valence-electron chi connectivity index (χ0n) is 14.3. The van der Waals surface area contributed by atoms with E-state index in [9.17, 15) is 9.18 Å². The monoisotopic (exact) mass is 360 g/mol. The highest BCUT2D eigenvalue weighted by Gasteiger charge is 2.23. The average Bonchev–Trinajstić information content (AvgIpc) is 2.78. The molecule has 0 aromatic heterocycles. The Hall–Kier alpha value is -2.21. The van der Waals surface area contributed by atoms with Gasteiger partial charge in [-0.1, -0.05) is 19.1 Å².